The van der Waals surface area contributed by atoms with E-state index in [1.807, 2.05) is 6.92 Å². The number of hydrogen-bond acceptors (Lipinski definition) is 6. The van der Waals surface area contributed by atoms with Gasteiger partial charge in [-0.15, -0.1) is 0 Å². The first-order chi connectivity index (χ1) is 12.0. The van der Waals surface area contributed by atoms with Gasteiger partial charge in [-0.1, -0.05) is 25.5 Å². The second-order valence-electron chi connectivity index (χ2n) is 5.09. The first kappa shape index (κ1) is 20.6. The van der Waals surface area contributed by atoms with Crippen LogP contribution in [0.1, 0.15) is 50.4 Å². The predicted molar refractivity (Wildman–Crippen MR) is 92.0 cm³/mol. The van der Waals surface area contributed by atoms with E-state index < -0.39 is 24.3 Å². The molecule has 1 aromatic rings. The summed E-state index contributed by atoms with van der Waals surface area (Å²) in [6.45, 7) is 6.02. The Morgan fingerprint density at radius 3 is 2.32 bits per heavy atom. The number of amides is 1. The third-order valence-corrected chi connectivity index (χ3v) is 3.16. The highest BCUT2D eigenvalue weighted by Gasteiger charge is 2.25. The highest BCUT2D eigenvalue weighted by atomic mass is 16.7. The summed E-state index contributed by atoms with van der Waals surface area (Å²) in [6.07, 6.45) is 1.13. The number of ether oxygens (including phenoxy) is 2. The van der Waals surface area contributed by atoms with Crippen molar-refractivity contribution in [1.82, 2.24) is 0 Å². The molecule has 0 fully saturated rings. The molecular formula is C18H25NO6. The van der Waals surface area contributed by atoms with E-state index in [4.69, 9.17) is 14.3 Å². The van der Waals surface area contributed by atoms with Crippen molar-refractivity contribution in [3.63, 3.8) is 0 Å². The average molecular weight is 351 g/mol. The van der Waals surface area contributed by atoms with E-state index in [1.165, 1.54) is 0 Å². The molecule has 0 heterocycles. The van der Waals surface area contributed by atoms with Gasteiger partial charge >= 0.3 is 11.9 Å². The molecule has 0 saturated heterocycles. The zero-order valence-electron chi connectivity index (χ0n) is 14.9. The van der Waals surface area contributed by atoms with Gasteiger partial charge in [0.15, 0.2) is 0 Å². The lowest BCUT2D eigenvalue weighted by molar-refractivity contribution is -0.147. The zero-order valence-corrected chi connectivity index (χ0v) is 14.9. The van der Waals surface area contributed by atoms with E-state index in [0.29, 0.717) is 0 Å². The van der Waals surface area contributed by atoms with E-state index in [-0.39, 0.29) is 31.1 Å². The largest absolute Gasteiger partial charge is 0.466 e. The highest BCUT2D eigenvalue weighted by Crippen LogP contribution is 2.23. The number of carbonyl (C=O) groups excluding carboxylic acids is 3. The lowest BCUT2D eigenvalue weighted by Gasteiger charge is -2.23. The van der Waals surface area contributed by atoms with Gasteiger partial charge in [-0.2, -0.15) is 5.06 Å². The molecule has 0 N–H and O–H groups in total. The number of hydrogen-bond donors (Lipinski definition) is 0. The molecule has 0 aliphatic rings. The minimum Gasteiger partial charge on any atom is -0.466 e. The summed E-state index contributed by atoms with van der Waals surface area (Å²) in [6, 6.07) is 6.45. The Morgan fingerprint density at radius 1 is 1.00 bits per heavy atom. The van der Waals surface area contributed by atoms with Gasteiger partial charge in [-0.25, -0.2) is 4.79 Å². The number of rotatable bonds is 10. The summed E-state index contributed by atoms with van der Waals surface area (Å²) in [5.74, 6) is -1.82. The van der Waals surface area contributed by atoms with Crippen LogP contribution in [0.2, 0.25) is 0 Å². The van der Waals surface area contributed by atoms with Crippen LogP contribution in [0.25, 0.3) is 0 Å². The number of esters is 2. The first-order valence-corrected chi connectivity index (χ1v) is 8.42. The molecule has 0 aromatic heterocycles. The summed E-state index contributed by atoms with van der Waals surface area (Å²) in [5.41, 5.74) is 0.435. The van der Waals surface area contributed by atoms with E-state index >= 15 is 0 Å². The van der Waals surface area contributed by atoms with Crippen LogP contribution in [0.15, 0.2) is 24.3 Å². The third-order valence-electron chi connectivity index (χ3n) is 3.16. The van der Waals surface area contributed by atoms with Gasteiger partial charge in [-0.05, 0) is 32.4 Å². The monoisotopic (exact) mass is 351 g/mol. The fourth-order valence-electron chi connectivity index (χ4n) is 2.02. The molecule has 7 heteroatoms. The lowest BCUT2D eigenvalue weighted by atomic mass is 10.1. The normalized spacial score (nSPS) is 10.2. The van der Waals surface area contributed by atoms with Gasteiger partial charge in [0.2, 0.25) is 0 Å². The van der Waals surface area contributed by atoms with Crippen LogP contribution in [0, 0.1) is 0 Å². The number of para-hydroxylation sites is 1. The Kier molecular flexibility index (Phi) is 9.24. The molecule has 138 valence electrons. The quantitative estimate of drug-likeness (QED) is 0.279. The van der Waals surface area contributed by atoms with E-state index in [0.717, 1.165) is 17.9 Å². The summed E-state index contributed by atoms with van der Waals surface area (Å²) >= 11 is 0. The maximum Gasteiger partial charge on any atom is 0.340 e. The molecule has 25 heavy (non-hydrogen) atoms. The van der Waals surface area contributed by atoms with E-state index in [1.54, 1.807) is 38.1 Å². The summed E-state index contributed by atoms with van der Waals surface area (Å²) in [5, 5.41) is 0.985. The van der Waals surface area contributed by atoms with Crippen molar-refractivity contribution in [2.45, 2.75) is 40.0 Å². The molecule has 0 unspecified atom stereocenters. The molecule has 7 nitrogen and oxygen atoms in total. The Balaban J connectivity index is 3.08. The zero-order chi connectivity index (χ0) is 18.7. The molecule has 0 atom stereocenters. The van der Waals surface area contributed by atoms with Crippen LogP contribution in [-0.4, -0.2) is 37.7 Å². The highest BCUT2D eigenvalue weighted by molar-refractivity contribution is 6.06. The SMILES string of the molecule is CCCCON(C(=O)CC(=O)OCC)c1ccccc1C(=O)OCC. The van der Waals surface area contributed by atoms with Crippen molar-refractivity contribution < 1.29 is 28.7 Å². The van der Waals surface area contributed by atoms with Crippen molar-refractivity contribution in [1.29, 1.82) is 0 Å². The van der Waals surface area contributed by atoms with Crippen LogP contribution in [0.5, 0.6) is 0 Å². The maximum absolute atomic E-state index is 12.5. The first-order valence-electron chi connectivity index (χ1n) is 8.42. The molecule has 1 aromatic carbocycles. The summed E-state index contributed by atoms with van der Waals surface area (Å²) < 4.78 is 9.83. The number of nitrogens with zero attached hydrogens (tertiary/aromatic N) is 1. The van der Waals surface area contributed by atoms with Crippen LogP contribution >= 0.6 is 0 Å². The molecule has 0 spiro atoms. The van der Waals surface area contributed by atoms with Crippen molar-refractivity contribution in [3.8, 4) is 0 Å². The van der Waals surface area contributed by atoms with Gasteiger partial charge in [0.25, 0.3) is 5.91 Å². The fourth-order valence-corrected chi connectivity index (χ4v) is 2.02. The smallest absolute Gasteiger partial charge is 0.340 e. The summed E-state index contributed by atoms with van der Waals surface area (Å²) in [4.78, 5) is 41.8. The van der Waals surface area contributed by atoms with Gasteiger partial charge in [0.1, 0.15) is 6.42 Å². The number of anilines is 1. The molecular weight excluding hydrogens is 326 g/mol. The Labute approximate surface area is 147 Å². The maximum atomic E-state index is 12.5. The van der Waals surface area contributed by atoms with Gasteiger partial charge in [-0.3, -0.25) is 14.4 Å². The van der Waals surface area contributed by atoms with Gasteiger partial charge < -0.3 is 9.47 Å². The Morgan fingerprint density at radius 2 is 1.68 bits per heavy atom. The predicted octanol–water partition coefficient (Wildman–Crippen LogP) is 2.88. The molecule has 0 saturated carbocycles. The number of benzene rings is 1. The van der Waals surface area contributed by atoms with Crippen molar-refractivity contribution in [3.05, 3.63) is 29.8 Å². The molecule has 0 radical (unpaired) electrons. The molecule has 0 aliphatic heterocycles. The van der Waals surface area contributed by atoms with Crippen LogP contribution in [0.3, 0.4) is 0 Å². The van der Waals surface area contributed by atoms with Crippen LogP contribution < -0.4 is 5.06 Å². The molecule has 0 aliphatic carbocycles. The molecule has 1 amide bonds. The lowest BCUT2D eigenvalue weighted by Crippen LogP contribution is -2.34. The van der Waals surface area contributed by atoms with Crippen molar-refractivity contribution >= 4 is 23.5 Å². The van der Waals surface area contributed by atoms with Crippen LogP contribution in [0.4, 0.5) is 5.69 Å². The number of hydroxylamine groups is 1. The van der Waals surface area contributed by atoms with E-state index in [9.17, 15) is 14.4 Å². The average Bonchev–Trinajstić information content (AvgIpc) is 2.59. The number of carbonyl (C=O) groups is 3. The second kappa shape index (κ2) is 11.2. The molecule has 0 bridgehead atoms. The van der Waals surface area contributed by atoms with Crippen molar-refractivity contribution in [2.75, 3.05) is 24.9 Å². The molecule has 1 rings (SSSR count). The van der Waals surface area contributed by atoms with Crippen LogP contribution in [-0.2, 0) is 23.9 Å². The Hall–Kier alpha value is -2.41. The summed E-state index contributed by atoms with van der Waals surface area (Å²) in [7, 11) is 0. The third kappa shape index (κ3) is 6.54. The fraction of sp³-hybridized carbons (Fsp3) is 0.500. The van der Waals surface area contributed by atoms with Crippen molar-refractivity contribution in [2.24, 2.45) is 0 Å². The Bertz CT molecular complexity index is 587. The van der Waals surface area contributed by atoms with Gasteiger partial charge in [0, 0.05) is 0 Å². The minimum absolute atomic E-state index is 0.183. The minimum atomic E-state index is -0.648. The number of unbranched alkanes of at least 4 members (excludes halogenated alkanes) is 1. The van der Waals surface area contributed by atoms with E-state index in [2.05, 4.69) is 0 Å². The standard InChI is InChI=1S/C18H25NO6/c1-4-7-12-25-19(16(20)13-17(21)23-5-2)15-11-9-8-10-14(15)18(22)24-6-3/h8-11H,4-7,12-13H2,1-3H3. The van der Waals surface area contributed by atoms with Gasteiger partial charge in [0.05, 0.1) is 31.1 Å². The topological polar surface area (TPSA) is 82.1 Å². The second-order valence-corrected chi connectivity index (χ2v) is 5.09.